The zero-order valence-electron chi connectivity index (χ0n) is 6.44. The first kappa shape index (κ1) is 9.82. The monoisotopic (exact) mass is 152 g/mol. The maximum absolute atomic E-state index is 11.5. The van der Waals surface area contributed by atoms with E-state index in [1.807, 2.05) is 6.92 Å². The Morgan fingerprint density at radius 3 is 2.40 bits per heavy atom. The van der Waals surface area contributed by atoms with Gasteiger partial charge < -0.3 is 4.74 Å². The van der Waals surface area contributed by atoms with E-state index in [0.29, 0.717) is 0 Å². The lowest BCUT2D eigenvalue weighted by atomic mass is 10.2. The lowest BCUT2D eigenvalue weighted by Gasteiger charge is -2.10. The fourth-order valence-electron chi connectivity index (χ4n) is 0.735. The van der Waals surface area contributed by atoms with Crippen molar-refractivity contribution in [2.24, 2.45) is 0 Å². The topological polar surface area (TPSA) is 9.23 Å². The van der Waals surface area contributed by atoms with Crippen LogP contribution in [0.5, 0.6) is 0 Å². The molecule has 1 atom stereocenters. The summed E-state index contributed by atoms with van der Waals surface area (Å²) in [6, 6.07) is 0. The molecule has 0 saturated carbocycles. The molecule has 62 valence electrons. The predicted octanol–water partition coefficient (Wildman–Crippen LogP) is 2.80. The predicted molar refractivity (Wildman–Crippen MR) is 36.1 cm³/mol. The standard InChI is InChI=1S/C7H14F2O/c1-3-4-5-6(2)10-7(8)9/h6-7H,3-5H2,1-2H3. The summed E-state index contributed by atoms with van der Waals surface area (Å²) in [6.45, 7) is 1.07. The lowest BCUT2D eigenvalue weighted by molar-refractivity contribution is -0.159. The Balaban J connectivity index is 3.16. The molecule has 0 aromatic rings. The van der Waals surface area contributed by atoms with Gasteiger partial charge in [0, 0.05) is 0 Å². The van der Waals surface area contributed by atoms with Gasteiger partial charge in [-0.05, 0) is 13.3 Å². The molecule has 1 unspecified atom stereocenters. The third-order valence-electron chi connectivity index (χ3n) is 1.30. The Morgan fingerprint density at radius 2 is 2.00 bits per heavy atom. The zero-order chi connectivity index (χ0) is 7.98. The highest BCUT2D eigenvalue weighted by Crippen LogP contribution is 2.07. The Bertz CT molecular complexity index is 76.0. The summed E-state index contributed by atoms with van der Waals surface area (Å²) in [5.41, 5.74) is 0. The van der Waals surface area contributed by atoms with Crippen molar-refractivity contribution in [2.45, 2.75) is 45.8 Å². The van der Waals surface area contributed by atoms with Crippen molar-refractivity contribution in [3.05, 3.63) is 0 Å². The second-order valence-corrected chi connectivity index (χ2v) is 2.35. The van der Waals surface area contributed by atoms with Crippen LogP contribution in [0.25, 0.3) is 0 Å². The molecule has 10 heavy (non-hydrogen) atoms. The van der Waals surface area contributed by atoms with E-state index in [-0.39, 0.29) is 6.10 Å². The highest BCUT2D eigenvalue weighted by atomic mass is 19.3. The van der Waals surface area contributed by atoms with Crippen LogP contribution in [-0.4, -0.2) is 12.7 Å². The van der Waals surface area contributed by atoms with E-state index < -0.39 is 6.61 Å². The van der Waals surface area contributed by atoms with Gasteiger partial charge in [0.1, 0.15) is 0 Å². The molecule has 0 N–H and O–H groups in total. The third kappa shape index (κ3) is 5.95. The first-order valence-electron chi connectivity index (χ1n) is 3.60. The highest BCUT2D eigenvalue weighted by molar-refractivity contribution is 4.48. The molecule has 0 rings (SSSR count). The van der Waals surface area contributed by atoms with Crippen molar-refractivity contribution < 1.29 is 13.5 Å². The largest absolute Gasteiger partial charge is 0.345 e. The summed E-state index contributed by atoms with van der Waals surface area (Å²) in [5, 5.41) is 0. The Hall–Kier alpha value is -0.180. The fourth-order valence-corrected chi connectivity index (χ4v) is 0.735. The molecule has 1 nitrogen and oxygen atoms in total. The zero-order valence-corrected chi connectivity index (χ0v) is 6.44. The minimum Gasteiger partial charge on any atom is -0.320 e. The van der Waals surface area contributed by atoms with Crippen molar-refractivity contribution in [3.8, 4) is 0 Å². The average molecular weight is 152 g/mol. The SMILES string of the molecule is CCCCC(C)OC(F)F. The molecule has 3 heteroatoms. The summed E-state index contributed by atoms with van der Waals surface area (Å²) in [5.74, 6) is 0. The van der Waals surface area contributed by atoms with Crippen LogP contribution in [-0.2, 0) is 4.74 Å². The van der Waals surface area contributed by atoms with Crippen molar-refractivity contribution in [1.29, 1.82) is 0 Å². The number of alkyl halides is 2. The van der Waals surface area contributed by atoms with E-state index in [1.54, 1.807) is 6.92 Å². The first-order chi connectivity index (χ1) is 4.66. The molecule has 0 aliphatic heterocycles. The number of unbranched alkanes of at least 4 members (excludes halogenated alkanes) is 1. The number of halogens is 2. The van der Waals surface area contributed by atoms with Gasteiger partial charge in [-0.3, -0.25) is 0 Å². The van der Waals surface area contributed by atoms with Gasteiger partial charge in [-0.15, -0.1) is 0 Å². The fraction of sp³-hybridized carbons (Fsp3) is 1.00. The van der Waals surface area contributed by atoms with Crippen LogP contribution in [0, 0.1) is 0 Å². The van der Waals surface area contributed by atoms with E-state index in [0.717, 1.165) is 19.3 Å². The van der Waals surface area contributed by atoms with Crippen LogP contribution in [0.3, 0.4) is 0 Å². The van der Waals surface area contributed by atoms with Crippen molar-refractivity contribution >= 4 is 0 Å². The molecule has 0 heterocycles. The number of hydrogen-bond acceptors (Lipinski definition) is 1. The third-order valence-corrected chi connectivity index (χ3v) is 1.30. The Labute approximate surface area is 60.4 Å². The van der Waals surface area contributed by atoms with Crippen molar-refractivity contribution in [3.63, 3.8) is 0 Å². The van der Waals surface area contributed by atoms with Gasteiger partial charge in [0.15, 0.2) is 0 Å². The molecular formula is C7H14F2O. The minimum absolute atomic E-state index is 0.306. The molecule has 0 saturated heterocycles. The second-order valence-electron chi connectivity index (χ2n) is 2.35. The molecule has 0 aliphatic carbocycles. The van der Waals surface area contributed by atoms with Gasteiger partial charge >= 0.3 is 6.61 Å². The van der Waals surface area contributed by atoms with E-state index in [1.165, 1.54) is 0 Å². The summed E-state index contributed by atoms with van der Waals surface area (Å²) < 4.78 is 27.2. The maximum Gasteiger partial charge on any atom is 0.345 e. The minimum atomic E-state index is -2.62. The summed E-state index contributed by atoms with van der Waals surface area (Å²) in [7, 11) is 0. The van der Waals surface area contributed by atoms with E-state index >= 15 is 0 Å². The molecule has 0 bridgehead atoms. The molecule has 0 aromatic heterocycles. The normalized spacial score (nSPS) is 14.1. The molecular weight excluding hydrogens is 138 g/mol. The van der Waals surface area contributed by atoms with Crippen LogP contribution in [0.15, 0.2) is 0 Å². The van der Waals surface area contributed by atoms with Crippen LogP contribution < -0.4 is 0 Å². The molecule has 0 amide bonds. The number of ether oxygens (including phenoxy) is 1. The summed E-state index contributed by atoms with van der Waals surface area (Å²) in [6.07, 6.45) is 2.39. The van der Waals surface area contributed by atoms with E-state index in [9.17, 15) is 8.78 Å². The smallest absolute Gasteiger partial charge is 0.320 e. The Kier molecular flexibility index (Phi) is 5.49. The molecule has 0 aliphatic rings. The number of hydrogen-bond donors (Lipinski definition) is 0. The Morgan fingerprint density at radius 1 is 1.40 bits per heavy atom. The molecule has 0 spiro atoms. The van der Waals surface area contributed by atoms with Gasteiger partial charge in [0.25, 0.3) is 0 Å². The first-order valence-corrected chi connectivity index (χ1v) is 3.60. The average Bonchev–Trinajstić information content (AvgIpc) is 1.82. The van der Waals surface area contributed by atoms with Crippen molar-refractivity contribution in [1.82, 2.24) is 0 Å². The molecule has 0 aromatic carbocycles. The van der Waals surface area contributed by atoms with Crippen LogP contribution in [0.2, 0.25) is 0 Å². The van der Waals surface area contributed by atoms with Crippen molar-refractivity contribution in [2.75, 3.05) is 0 Å². The lowest BCUT2D eigenvalue weighted by Crippen LogP contribution is -2.11. The van der Waals surface area contributed by atoms with Gasteiger partial charge in [-0.25, -0.2) is 0 Å². The van der Waals surface area contributed by atoms with Crippen LogP contribution in [0.4, 0.5) is 8.78 Å². The quantitative estimate of drug-likeness (QED) is 0.588. The van der Waals surface area contributed by atoms with Gasteiger partial charge in [0.05, 0.1) is 6.10 Å². The molecule has 0 radical (unpaired) electrons. The van der Waals surface area contributed by atoms with Gasteiger partial charge in [-0.1, -0.05) is 19.8 Å². The second kappa shape index (κ2) is 5.59. The summed E-state index contributed by atoms with van der Waals surface area (Å²) in [4.78, 5) is 0. The van der Waals surface area contributed by atoms with Gasteiger partial charge in [-0.2, -0.15) is 8.78 Å². The van der Waals surface area contributed by atoms with Crippen LogP contribution in [0.1, 0.15) is 33.1 Å². The van der Waals surface area contributed by atoms with E-state index in [4.69, 9.17) is 0 Å². The highest BCUT2D eigenvalue weighted by Gasteiger charge is 2.07. The molecule has 0 fully saturated rings. The summed E-state index contributed by atoms with van der Waals surface area (Å²) >= 11 is 0. The number of rotatable bonds is 5. The van der Waals surface area contributed by atoms with E-state index in [2.05, 4.69) is 4.74 Å². The maximum atomic E-state index is 11.5. The van der Waals surface area contributed by atoms with Gasteiger partial charge in [0.2, 0.25) is 0 Å². The van der Waals surface area contributed by atoms with Crippen LogP contribution >= 0.6 is 0 Å².